The lowest BCUT2D eigenvalue weighted by Gasteiger charge is -2.26. The van der Waals surface area contributed by atoms with Crippen molar-refractivity contribution in [2.24, 2.45) is 0 Å². The lowest BCUT2D eigenvalue weighted by Crippen LogP contribution is -2.38. The number of nitrogens with one attached hydrogen (secondary N) is 2. The maximum Gasteiger partial charge on any atom is 0.240 e. The Morgan fingerprint density at radius 3 is 2.72 bits per heavy atom. The van der Waals surface area contributed by atoms with Gasteiger partial charge in [0.25, 0.3) is 0 Å². The zero-order chi connectivity index (χ0) is 27.0. The van der Waals surface area contributed by atoms with Crippen LogP contribution in [-0.4, -0.2) is 90.5 Å². The van der Waals surface area contributed by atoms with E-state index in [1.165, 1.54) is 7.05 Å². The Bertz CT molecular complexity index is 1570. The number of morpholine rings is 1. The van der Waals surface area contributed by atoms with E-state index in [1.807, 2.05) is 29.3 Å². The van der Waals surface area contributed by atoms with Crippen molar-refractivity contribution in [2.75, 3.05) is 51.3 Å². The molecular formula is C27H34N8O3S. The third-order valence-corrected chi connectivity index (χ3v) is 9.12. The minimum Gasteiger partial charge on any atom is -0.379 e. The van der Waals surface area contributed by atoms with Gasteiger partial charge in [-0.25, -0.2) is 23.1 Å². The molecule has 0 bridgehead atoms. The first-order valence-electron chi connectivity index (χ1n) is 13.4. The molecule has 39 heavy (non-hydrogen) atoms. The quantitative estimate of drug-likeness (QED) is 0.344. The largest absolute Gasteiger partial charge is 0.379 e. The summed E-state index contributed by atoms with van der Waals surface area (Å²) in [4.78, 5) is 17.7. The maximum absolute atomic E-state index is 12.8. The lowest BCUT2D eigenvalue weighted by atomic mass is 10.1. The van der Waals surface area contributed by atoms with Crippen LogP contribution in [0.15, 0.2) is 47.9 Å². The second-order valence-corrected chi connectivity index (χ2v) is 12.1. The van der Waals surface area contributed by atoms with Gasteiger partial charge in [-0.3, -0.25) is 9.58 Å². The fourth-order valence-corrected chi connectivity index (χ4v) is 6.22. The first-order chi connectivity index (χ1) is 18.9. The van der Waals surface area contributed by atoms with E-state index in [0.717, 1.165) is 81.1 Å². The van der Waals surface area contributed by atoms with Crippen LogP contribution in [0.3, 0.4) is 0 Å². The zero-order valence-corrected chi connectivity index (χ0v) is 23.1. The Labute approximate surface area is 228 Å². The van der Waals surface area contributed by atoms with Gasteiger partial charge in [-0.2, -0.15) is 5.10 Å². The van der Waals surface area contributed by atoms with E-state index in [0.29, 0.717) is 22.9 Å². The fourth-order valence-electron chi connectivity index (χ4n) is 5.43. The average molecular weight is 551 g/mol. The third-order valence-electron chi connectivity index (χ3n) is 7.72. The summed E-state index contributed by atoms with van der Waals surface area (Å²) in [5.41, 5.74) is 5.45. The van der Waals surface area contributed by atoms with Crippen LogP contribution < -0.4 is 9.62 Å². The number of ether oxygens (including phenoxy) is 1. The molecule has 0 unspecified atom stereocenters. The molecule has 0 aliphatic carbocycles. The first kappa shape index (κ1) is 25.9. The van der Waals surface area contributed by atoms with Gasteiger partial charge in [0.1, 0.15) is 5.52 Å². The van der Waals surface area contributed by atoms with Crippen molar-refractivity contribution in [1.29, 1.82) is 0 Å². The molecule has 1 atom stereocenters. The summed E-state index contributed by atoms with van der Waals surface area (Å²) in [6.45, 7) is 8.24. The molecule has 0 amide bonds. The second kappa shape index (κ2) is 10.7. The molecule has 2 N–H and O–H groups in total. The number of hydrogen-bond acceptors (Lipinski definition) is 8. The predicted octanol–water partition coefficient (Wildman–Crippen LogP) is 2.72. The molecule has 206 valence electrons. The molecule has 0 saturated carbocycles. The van der Waals surface area contributed by atoms with Gasteiger partial charge in [-0.1, -0.05) is 0 Å². The van der Waals surface area contributed by atoms with Gasteiger partial charge in [0.05, 0.1) is 42.7 Å². The van der Waals surface area contributed by atoms with Crippen molar-refractivity contribution >= 4 is 26.9 Å². The molecule has 4 aromatic rings. The Balaban J connectivity index is 1.33. The molecule has 2 aliphatic rings. The summed E-state index contributed by atoms with van der Waals surface area (Å²) in [6, 6.07) is 5.77. The third kappa shape index (κ3) is 5.29. The molecular weight excluding hydrogens is 516 g/mol. The van der Waals surface area contributed by atoms with Crippen LogP contribution in [-0.2, 0) is 21.3 Å². The minimum atomic E-state index is -3.64. The smallest absolute Gasteiger partial charge is 0.240 e. The predicted molar refractivity (Wildman–Crippen MR) is 150 cm³/mol. The van der Waals surface area contributed by atoms with E-state index in [2.05, 4.69) is 36.5 Å². The summed E-state index contributed by atoms with van der Waals surface area (Å²) in [5.74, 6) is 0. The SMILES string of the molecule is CNS(=O)(=O)c1cc(-c2cnc3[nH]cc(-c4cnn(CCN5CCOCC5)c4)c3n2)cc(N2CCC[C@H]2C)c1. The molecule has 5 heterocycles. The van der Waals surface area contributed by atoms with Crippen molar-refractivity contribution < 1.29 is 13.2 Å². The van der Waals surface area contributed by atoms with Crippen molar-refractivity contribution in [1.82, 2.24) is 34.4 Å². The van der Waals surface area contributed by atoms with E-state index in [4.69, 9.17) is 9.72 Å². The Morgan fingerprint density at radius 2 is 1.95 bits per heavy atom. The van der Waals surface area contributed by atoms with Crippen molar-refractivity contribution in [2.45, 2.75) is 37.2 Å². The average Bonchev–Trinajstić information content (AvgIpc) is 3.71. The van der Waals surface area contributed by atoms with Crippen LogP contribution in [0.1, 0.15) is 19.8 Å². The van der Waals surface area contributed by atoms with E-state index >= 15 is 0 Å². The minimum absolute atomic E-state index is 0.217. The van der Waals surface area contributed by atoms with Gasteiger partial charge in [-0.05, 0) is 45.0 Å². The molecule has 2 fully saturated rings. The van der Waals surface area contributed by atoms with Gasteiger partial charge in [-0.15, -0.1) is 0 Å². The molecule has 11 nitrogen and oxygen atoms in total. The summed E-state index contributed by atoms with van der Waals surface area (Å²) in [7, 11) is -2.21. The Hall–Kier alpha value is -3.32. The van der Waals surface area contributed by atoms with Crippen LogP contribution in [0.25, 0.3) is 33.5 Å². The standard InChI is InChI=1S/C27H34N8O3S/c1-19-4-3-5-35(19)22-12-20(13-23(14-22)39(36,37)28-2)25-17-30-27-26(32-25)24(16-29-27)21-15-31-34(18-21)7-6-33-8-10-38-11-9-33/h12-19,28H,3-11H2,1-2H3,(H,29,30)/t19-/m1/s1. The van der Waals surface area contributed by atoms with Crippen LogP contribution in [0.4, 0.5) is 5.69 Å². The molecule has 3 aromatic heterocycles. The van der Waals surface area contributed by atoms with Gasteiger partial charge in [0, 0.05) is 67.0 Å². The summed E-state index contributed by atoms with van der Waals surface area (Å²) >= 11 is 0. The Kier molecular flexibility index (Phi) is 7.10. The number of benzene rings is 1. The van der Waals surface area contributed by atoms with Gasteiger partial charge in [0.2, 0.25) is 10.0 Å². The first-order valence-corrected chi connectivity index (χ1v) is 14.9. The molecule has 1 aromatic carbocycles. The summed E-state index contributed by atoms with van der Waals surface area (Å²) in [5, 5.41) is 4.57. The molecule has 0 radical (unpaired) electrons. The highest BCUT2D eigenvalue weighted by atomic mass is 32.2. The van der Waals surface area contributed by atoms with E-state index in [-0.39, 0.29) is 4.90 Å². The number of aromatic nitrogens is 5. The number of rotatable bonds is 8. The maximum atomic E-state index is 12.8. The van der Waals surface area contributed by atoms with Gasteiger partial charge in [0.15, 0.2) is 5.65 Å². The van der Waals surface area contributed by atoms with Crippen molar-refractivity contribution in [3.63, 3.8) is 0 Å². The molecule has 12 heteroatoms. The van der Waals surface area contributed by atoms with E-state index in [9.17, 15) is 8.42 Å². The van der Waals surface area contributed by atoms with Crippen molar-refractivity contribution in [3.05, 3.63) is 43.0 Å². The zero-order valence-electron chi connectivity index (χ0n) is 22.3. The van der Waals surface area contributed by atoms with E-state index in [1.54, 1.807) is 18.3 Å². The highest BCUT2D eigenvalue weighted by Gasteiger charge is 2.24. The highest BCUT2D eigenvalue weighted by molar-refractivity contribution is 7.89. The molecule has 2 saturated heterocycles. The van der Waals surface area contributed by atoms with Crippen LogP contribution in [0.5, 0.6) is 0 Å². The molecule has 0 spiro atoms. The Morgan fingerprint density at radius 1 is 1.10 bits per heavy atom. The van der Waals surface area contributed by atoms with Crippen LogP contribution in [0.2, 0.25) is 0 Å². The number of sulfonamides is 1. The lowest BCUT2D eigenvalue weighted by molar-refractivity contribution is 0.0360. The topological polar surface area (TPSA) is 121 Å². The normalized spacial score (nSPS) is 18.8. The number of anilines is 1. The number of hydrogen-bond donors (Lipinski definition) is 2. The summed E-state index contributed by atoms with van der Waals surface area (Å²) < 4.78 is 35.5. The van der Waals surface area contributed by atoms with Gasteiger partial charge < -0.3 is 14.6 Å². The number of fused-ring (bicyclic) bond motifs is 1. The number of H-pyrrole nitrogens is 1. The highest BCUT2D eigenvalue weighted by Crippen LogP contribution is 2.33. The van der Waals surface area contributed by atoms with Gasteiger partial charge >= 0.3 is 0 Å². The van der Waals surface area contributed by atoms with Crippen LogP contribution in [0, 0.1) is 0 Å². The second-order valence-electron chi connectivity index (χ2n) is 10.2. The molecule has 6 rings (SSSR count). The monoisotopic (exact) mass is 550 g/mol. The van der Waals surface area contributed by atoms with Crippen molar-refractivity contribution in [3.8, 4) is 22.4 Å². The molecule has 2 aliphatic heterocycles. The van der Waals surface area contributed by atoms with Crippen LogP contribution >= 0.6 is 0 Å². The number of nitrogens with zero attached hydrogens (tertiary/aromatic N) is 6. The number of aromatic amines is 1. The van der Waals surface area contributed by atoms with E-state index < -0.39 is 10.0 Å². The fraction of sp³-hybridized carbons (Fsp3) is 0.444. The summed E-state index contributed by atoms with van der Waals surface area (Å²) in [6.07, 6.45) is 9.64.